The number of aryl methyl sites for hydroxylation is 10. The number of benzene rings is 6. The Balaban J connectivity index is 0.000000139. The van der Waals surface area contributed by atoms with Gasteiger partial charge in [0.25, 0.3) is 0 Å². The molecule has 0 aliphatic heterocycles. The Kier molecular flexibility index (Phi) is 8.79. The predicted molar refractivity (Wildman–Crippen MR) is 179 cm³/mol. The number of hydrogen-bond acceptors (Lipinski definition) is 0. The molecule has 0 fully saturated rings. The highest BCUT2D eigenvalue weighted by Gasteiger charge is 2.04. The van der Waals surface area contributed by atoms with Crippen LogP contribution in [0.1, 0.15) is 55.6 Å². The molecule has 0 bridgehead atoms. The van der Waals surface area contributed by atoms with Crippen molar-refractivity contribution in [1.29, 1.82) is 0 Å². The van der Waals surface area contributed by atoms with Crippen LogP contribution in [0.25, 0.3) is 32.3 Å². The standard InChI is InChI=1S/2C14H16.C12H12/c2*1-9-5-11(3)14-12(4)6-10(2)8-13(14)7-9;1-9-5-3-7-11-8-4-6-10(2)12(9)11/h2*5-8H,1-4H3;3-8H,1-2H3. The van der Waals surface area contributed by atoms with Gasteiger partial charge in [0.1, 0.15) is 0 Å². The molecule has 0 radical (unpaired) electrons. The van der Waals surface area contributed by atoms with E-state index in [1.807, 2.05) is 0 Å². The van der Waals surface area contributed by atoms with Gasteiger partial charge >= 0.3 is 0 Å². The van der Waals surface area contributed by atoms with Crippen LogP contribution in [0.4, 0.5) is 0 Å². The molecular weight excluding hydrogens is 480 g/mol. The Morgan fingerprint density at radius 3 is 0.825 bits per heavy atom. The molecule has 40 heavy (non-hydrogen) atoms. The van der Waals surface area contributed by atoms with Crippen molar-refractivity contribution in [2.75, 3.05) is 0 Å². The van der Waals surface area contributed by atoms with Crippen molar-refractivity contribution in [3.05, 3.63) is 141 Å². The van der Waals surface area contributed by atoms with Crippen LogP contribution in [-0.4, -0.2) is 0 Å². The molecule has 6 aromatic carbocycles. The maximum Gasteiger partial charge on any atom is -0.0125 e. The highest BCUT2D eigenvalue weighted by Crippen LogP contribution is 2.26. The summed E-state index contributed by atoms with van der Waals surface area (Å²) in [4.78, 5) is 0. The fourth-order valence-electron chi connectivity index (χ4n) is 6.45. The SMILES string of the molecule is Cc1cc(C)c2c(C)cc(C)cc2c1.Cc1cc(C)c2c(C)cc(C)cc2c1.Cc1cccc2cccc(C)c12. The first-order valence-corrected chi connectivity index (χ1v) is 14.4. The molecule has 0 N–H and O–H groups in total. The zero-order valence-corrected chi connectivity index (χ0v) is 26.1. The lowest BCUT2D eigenvalue weighted by molar-refractivity contribution is 1.37. The van der Waals surface area contributed by atoms with Crippen LogP contribution in [0.2, 0.25) is 0 Å². The van der Waals surface area contributed by atoms with Crippen molar-refractivity contribution in [2.24, 2.45) is 0 Å². The summed E-state index contributed by atoms with van der Waals surface area (Å²) >= 11 is 0. The maximum atomic E-state index is 2.27. The topological polar surface area (TPSA) is 0 Å². The molecular formula is C40H44. The Labute approximate surface area is 241 Å². The van der Waals surface area contributed by atoms with Gasteiger partial charge < -0.3 is 0 Å². The quantitative estimate of drug-likeness (QED) is 0.185. The maximum absolute atomic E-state index is 2.27. The molecule has 6 aromatic rings. The van der Waals surface area contributed by atoms with Crippen molar-refractivity contribution in [2.45, 2.75) is 69.2 Å². The van der Waals surface area contributed by atoms with E-state index in [4.69, 9.17) is 0 Å². The molecule has 0 spiro atoms. The van der Waals surface area contributed by atoms with Crippen molar-refractivity contribution in [3.63, 3.8) is 0 Å². The molecule has 204 valence electrons. The largest absolute Gasteiger partial charge is 0.0614 e. The molecule has 0 aliphatic rings. The lowest BCUT2D eigenvalue weighted by Gasteiger charge is -2.08. The first-order chi connectivity index (χ1) is 18.9. The lowest BCUT2D eigenvalue weighted by atomic mass is 9.96. The van der Waals surface area contributed by atoms with Crippen molar-refractivity contribution in [1.82, 2.24) is 0 Å². The van der Waals surface area contributed by atoms with Gasteiger partial charge in [-0.3, -0.25) is 0 Å². The van der Waals surface area contributed by atoms with Crippen LogP contribution in [0.5, 0.6) is 0 Å². The first kappa shape index (κ1) is 29.1. The van der Waals surface area contributed by atoms with E-state index >= 15 is 0 Å². The lowest BCUT2D eigenvalue weighted by Crippen LogP contribution is -1.86. The molecule has 0 heteroatoms. The van der Waals surface area contributed by atoms with Crippen molar-refractivity contribution in [3.8, 4) is 0 Å². The summed E-state index contributed by atoms with van der Waals surface area (Å²) in [5, 5.41) is 8.33. The van der Waals surface area contributed by atoms with Crippen LogP contribution >= 0.6 is 0 Å². The molecule has 0 saturated carbocycles. The molecule has 0 nitrogen and oxygen atoms in total. The molecule has 6 rings (SSSR count). The number of hydrogen-bond donors (Lipinski definition) is 0. The Bertz CT molecular complexity index is 1610. The van der Waals surface area contributed by atoms with Gasteiger partial charge in [0.15, 0.2) is 0 Å². The smallest absolute Gasteiger partial charge is 0.0125 e. The van der Waals surface area contributed by atoms with Crippen LogP contribution in [0.15, 0.2) is 84.9 Å². The minimum absolute atomic E-state index is 1.34. The van der Waals surface area contributed by atoms with E-state index in [1.54, 1.807) is 0 Å². The average molecular weight is 525 g/mol. The zero-order valence-electron chi connectivity index (χ0n) is 26.1. The van der Waals surface area contributed by atoms with E-state index in [1.165, 1.54) is 88.0 Å². The average Bonchev–Trinajstić information content (AvgIpc) is 2.83. The third kappa shape index (κ3) is 6.45. The van der Waals surface area contributed by atoms with Gasteiger partial charge in [-0.15, -0.1) is 0 Å². The van der Waals surface area contributed by atoms with E-state index in [-0.39, 0.29) is 0 Å². The van der Waals surface area contributed by atoms with E-state index < -0.39 is 0 Å². The second-order valence-electron chi connectivity index (χ2n) is 11.8. The van der Waals surface area contributed by atoms with Crippen molar-refractivity contribution >= 4 is 32.3 Å². The van der Waals surface area contributed by atoms with Gasteiger partial charge in [0.05, 0.1) is 0 Å². The molecule has 0 amide bonds. The summed E-state index contributed by atoms with van der Waals surface area (Å²) in [7, 11) is 0. The minimum Gasteiger partial charge on any atom is -0.0614 e. The van der Waals surface area contributed by atoms with Gasteiger partial charge in [0.2, 0.25) is 0 Å². The van der Waals surface area contributed by atoms with Gasteiger partial charge in [0, 0.05) is 0 Å². The third-order valence-corrected chi connectivity index (χ3v) is 7.79. The summed E-state index contributed by atoms with van der Waals surface area (Å²) in [6.45, 7) is 21.7. The van der Waals surface area contributed by atoms with Gasteiger partial charge in [-0.05, 0) is 135 Å². The van der Waals surface area contributed by atoms with E-state index in [0.717, 1.165) is 0 Å². The van der Waals surface area contributed by atoms with Crippen molar-refractivity contribution < 1.29 is 0 Å². The van der Waals surface area contributed by atoms with Crippen LogP contribution in [0.3, 0.4) is 0 Å². The summed E-state index contributed by atoms with van der Waals surface area (Å²) in [6.07, 6.45) is 0. The summed E-state index contributed by atoms with van der Waals surface area (Å²) < 4.78 is 0. The summed E-state index contributed by atoms with van der Waals surface area (Å²) in [5.74, 6) is 0. The van der Waals surface area contributed by atoms with E-state index in [9.17, 15) is 0 Å². The zero-order chi connectivity index (χ0) is 29.1. The van der Waals surface area contributed by atoms with Gasteiger partial charge in [-0.2, -0.15) is 0 Å². The van der Waals surface area contributed by atoms with Crippen LogP contribution < -0.4 is 0 Å². The first-order valence-electron chi connectivity index (χ1n) is 14.4. The van der Waals surface area contributed by atoms with Gasteiger partial charge in [-0.1, -0.05) is 107 Å². The van der Waals surface area contributed by atoms with Crippen LogP contribution in [0, 0.1) is 69.2 Å². The van der Waals surface area contributed by atoms with E-state index in [2.05, 4.69) is 154 Å². The Morgan fingerprint density at radius 2 is 0.550 bits per heavy atom. The number of rotatable bonds is 0. The molecule has 0 atom stereocenters. The summed E-state index contributed by atoms with van der Waals surface area (Å²) in [6, 6.07) is 30.9. The fourth-order valence-corrected chi connectivity index (χ4v) is 6.45. The second-order valence-corrected chi connectivity index (χ2v) is 11.8. The van der Waals surface area contributed by atoms with Gasteiger partial charge in [-0.25, -0.2) is 0 Å². The highest BCUT2D eigenvalue weighted by atomic mass is 14.1. The third-order valence-electron chi connectivity index (χ3n) is 7.79. The minimum atomic E-state index is 1.34. The monoisotopic (exact) mass is 524 g/mol. The molecule has 0 saturated heterocycles. The van der Waals surface area contributed by atoms with E-state index in [0.29, 0.717) is 0 Å². The normalized spacial score (nSPS) is 10.8. The second kappa shape index (κ2) is 12.1. The van der Waals surface area contributed by atoms with Crippen LogP contribution in [-0.2, 0) is 0 Å². The predicted octanol–water partition coefficient (Wildman–Crippen LogP) is 11.6. The molecule has 0 aliphatic carbocycles. The number of fused-ring (bicyclic) bond motifs is 3. The molecule has 0 unspecified atom stereocenters. The Morgan fingerprint density at radius 1 is 0.275 bits per heavy atom. The highest BCUT2D eigenvalue weighted by molar-refractivity contribution is 5.91. The fraction of sp³-hybridized carbons (Fsp3) is 0.250. The molecule has 0 heterocycles. The Hall–Kier alpha value is -3.90. The molecule has 0 aromatic heterocycles. The summed E-state index contributed by atoms with van der Waals surface area (Å²) in [5.41, 5.74) is 13.7.